The molecule has 8 atom stereocenters. The van der Waals surface area contributed by atoms with E-state index in [1.54, 1.807) is 0 Å². The highest BCUT2D eigenvalue weighted by atomic mass is 16.5. The Morgan fingerprint density at radius 3 is 2.67 bits per heavy atom. The second-order valence-corrected chi connectivity index (χ2v) is 9.59. The second kappa shape index (κ2) is 5.81. The molecule has 3 nitrogen and oxygen atoms in total. The predicted octanol–water partition coefficient (Wildman–Crippen LogP) is 3.97. The van der Waals surface area contributed by atoms with Gasteiger partial charge in [0.25, 0.3) is 0 Å². The highest BCUT2D eigenvalue weighted by Crippen LogP contribution is 2.62. The van der Waals surface area contributed by atoms with Gasteiger partial charge in [0.15, 0.2) is 0 Å². The molecular weight excluding hydrogens is 300 g/mol. The maximum Gasteiger partial charge on any atom is 0.139 e. The molecule has 0 amide bonds. The number of carbonyl (C=O) groups excluding carboxylic acids is 1. The van der Waals surface area contributed by atoms with Crippen molar-refractivity contribution in [3.63, 3.8) is 0 Å². The first-order valence-corrected chi connectivity index (χ1v) is 10.2. The zero-order valence-electron chi connectivity index (χ0n) is 15.6. The fourth-order valence-corrected chi connectivity index (χ4v) is 7.24. The monoisotopic (exact) mass is 334 g/mol. The number of hydrogen-bond acceptors (Lipinski definition) is 3. The van der Waals surface area contributed by atoms with Crippen molar-refractivity contribution in [3.05, 3.63) is 0 Å². The lowest BCUT2D eigenvalue weighted by Gasteiger charge is -2.57. The van der Waals surface area contributed by atoms with Crippen molar-refractivity contribution in [3.8, 4) is 0 Å². The summed E-state index contributed by atoms with van der Waals surface area (Å²) in [6.45, 7) is 6.94. The predicted molar refractivity (Wildman–Crippen MR) is 93.5 cm³/mol. The van der Waals surface area contributed by atoms with Crippen molar-refractivity contribution in [2.75, 3.05) is 6.61 Å². The lowest BCUT2D eigenvalue weighted by Crippen LogP contribution is -2.55. The topological polar surface area (TPSA) is 46.5 Å². The van der Waals surface area contributed by atoms with Crippen LogP contribution >= 0.6 is 0 Å². The fraction of sp³-hybridized carbons (Fsp3) is 0.952. The van der Waals surface area contributed by atoms with Gasteiger partial charge in [-0.05, 0) is 88.4 Å². The van der Waals surface area contributed by atoms with Gasteiger partial charge in [-0.25, -0.2) is 0 Å². The quantitative estimate of drug-likeness (QED) is 0.831. The molecule has 0 aromatic carbocycles. The SMILES string of the molecule is CCO[C@H]1C[C@H]2[C@@H](CCC3[C@@H]2CC[C@]2(C)C(=O)CC[C@@H]32)C[C@]1(C)O. The van der Waals surface area contributed by atoms with E-state index in [9.17, 15) is 9.90 Å². The maximum atomic E-state index is 12.5. The Morgan fingerprint density at radius 2 is 1.92 bits per heavy atom. The van der Waals surface area contributed by atoms with Crippen LogP contribution < -0.4 is 0 Å². The van der Waals surface area contributed by atoms with E-state index in [0.29, 0.717) is 30.1 Å². The third kappa shape index (κ3) is 2.41. The molecule has 0 spiro atoms. The summed E-state index contributed by atoms with van der Waals surface area (Å²) in [5, 5.41) is 10.9. The van der Waals surface area contributed by atoms with Gasteiger partial charge in [-0.2, -0.15) is 0 Å². The lowest BCUT2D eigenvalue weighted by atomic mass is 9.49. The number of fused-ring (bicyclic) bond motifs is 5. The van der Waals surface area contributed by atoms with E-state index < -0.39 is 5.60 Å². The van der Waals surface area contributed by atoms with E-state index >= 15 is 0 Å². The van der Waals surface area contributed by atoms with Crippen LogP contribution in [0.5, 0.6) is 0 Å². The zero-order chi connectivity index (χ0) is 17.1. The van der Waals surface area contributed by atoms with Gasteiger partial charge in [0, 0.05) is 18.4 Å². The van der Waals surface area contributed by atoms with Gasteiger partial charge < -0.3 is 9.84 Å². The molecule has 4 aliphatic rings. The molecule has 0 radical (unpaired) electrons. The van der Waals surface area contributed by atoms with Crippen molar-refractivity contribution in [2.24, 2.45) is 35.0 Å². The Balaban J connectivity index is 1.56. The fourth-order valence-electron chi connectivity index (χ4n) is 7.24. The first-order valence-electron chi connectivity index (χ1n) is 10.2. The third-order valence-corrected chi connectivity index (χ3v) is 8.45. The smallest absolute Gasteiger partial charge is 0.139 e. The summed E-state index contributed by atoms with van der Waals surface area (Å²) in [5.74, 6) is 4.00. The number of ketones is 1. The molecule has 3 heteroatoms. The molecule has 0 saturated heterocycles. The Morgan fingerprint density at radius 1 is 1.12 bits per heavy atom. The molecule has 0 aromatic heterocycles. The van der Waals surface area contributed by atoms with Crippen LogP contribution in [0.3, 0.4) is 0 Å². The van der Waals surface area contributed by atoms with Crippen LogP contribution in [0.25, 0.3) is 0 Å². The average molecular weight is 335 g/mol. The largest absolute Gasteiger partial charge is 0.387 e. The van der Waals surface area contributed by atoms with Crippen LogP contribution in [-0.4, -0.2) is 29.2 Å². The van der Waals surface area contributed by atoms with Gasteiger partial charge in [0.2, 0.25) is 0 Å². The van der Waals surface area contributed by atoms with Crippen molar-refractivity contribution < 1.29 is 14.6 Å². The Labute approximate surface area is 146 Å². The number of aliphatic hydroxyl groups is 1. The standard InChI is InChI=1S/C21H34O3/c1-4-24-19-11-16-13(12-21(19,3)23)5-6-15-14(16)9-10-20(2)17(15)7-8-18(20)22/h13-17,19,23H,4-12H2,1-3H3/t13-,14-,15?,16-,17-,19-,20-,21-/m0/s1. The molecule has 136 valence electrons. The first kappa shape index (κ1) is 17.0. The lowest BCUT2D eigenvalue weighted by molar-refractivity contribution is -0.171. The molecule has 0 aliphatic heterocycles. The molecule has 4 aliphatic carbocycles. The Kier molecular flexibility index (Phi) is 4.12. The summed E-state index contributed by atoms with van der Waals surface area (Å²) < 4.78 is 5.95. The minimum atomic E-state index is -0.670. The number of Topliss-reactive ketones (excluding diaryl/α,β-unsaturated/α-hetero) is 1. The highest BCUT2D eigenvalue weighted by Gasteiger charge is 2.58. The first-order chi connectivity index (χ1) is 11.4. The molecule has 24 heavy (non-hydrogen) atoms. The van der Waals surface area contributed by atoms with Crippen LogP contribution in [0.15, 0.2) is 0 Å². The average Bonchev–Trinajstić information content (AvgIpc) is 2.83. The van der Waals surface area contributed by atoms with Crippen molar-refractivity contribution in [1.82, 2.24) is 0 Å². The van der Waals surface area contributed by atoms with Crippen LogP contribution in [0, 0.1) is 35.0 Å². The second-order valence-electron chi connectivity index (χ2n) is 9.59. The zero-order valence-corrected chi connectivity index (χ0v) is 15.6. The van der Waals surface area contributed by atoms with E-state index in [-0.39, 0.29) is 11.5 Å². The molecule has 0 heterocycles. The van der Waals surface area contributed by atoms with Crippen molar-refractivity contribution >= 4 is 5.78 Å². The summed E-state index contributed by atoms with van der Waals surface area (Å²) in [6, 6.07) is 0. The highest BCUT2D eigenvalue weighted by molar-refractivity contribution is 5.87. The number of hydrogen-bond donors (Lipinski definition) is 1. The number of carbonyl (C=O) groups is 1. The molecule has 4 fully saturated rings. The van der Waals surface area contributed by atoms with Gasteiger partial charge >= 0.3 is 0 Å². The van der Waals surface area contributed by atoms with E-state index in [1.807, 2.05) is 13.8 Å². The van der Waals surface area contributed by atoms with Gasteiger partial charge in [0.1, 0.15) is 5.78 Å². The molecule has 1 N–H and O–H groups in total. The van der Waals surface area contributed by atoms with Crippen LogP contribution in [-0.2, 0) is 9.53 Å². The molecular formula is C21H34O3. The third-order valence-electron chi connectivity index (χ3n) is 8.45. The molecule has 0 bridgehead atoms. The maximum absolute atomic E-state index is 12.5. The van der Waals surface area contributed by atoms with E-state index in [2.05, 4.69) is 6.92 Å². The van der Waals surface area contributed by atoms with Crippen molar-refractivity contribution in [2.45, 2.75) is 83.8 Å². The van der Waals surface area contributed by atoms with Gasteiger partial charge in [-0.15, -0.1) is 0 Å². The summed E-state index contributed by atoms with van der Waals surface area (Å²) >= 11 is 0. The van der Waals surface area contributed by atoms with Gasteiger partial charge in [0.05, 0.1) is 11.7 Å². The molecule has 4 rings (SSSR count). The van der Waals surface area contributed by atoms with E-state index in [0.717, 1.165) is 43.9 Å². The summed E-state index contributed by atoms with van der Waals surface area (Å²) in [6.07, 6.45) is 8.66. The van der Waals surface area contributed by atoms with E-state index in [4.69, 9.17) is 4.74 Å². The molecule has 1 unspecified atom stereocenters. The minimum absolute atomic E-state index is 0.0129. The van der Waals surface area contributed by atoms with E-state index in [1.165, 1.54) is 19.3 Å². The molecule has 0 aromatic rings. The number of ether oxygens (including phenoxy) is 1. The van der Waals surface area contributed by atoms with Gasteiger partial charge in [-0.3, -0.25) is 4.79 Å². The van der Waals surface area contributed by atoms with Crippen LogP contribution in [0.1, 0.15) is 72.1 Å². The van der Waals surface area contributed by atoms with Gasteiger partial charge in [-0.1, -0.05) is 6.92 Å². The van der Waals surface area contributed by atoms with Crippen LogP contribution in [0.2, 0.25) is 0 Å². The van der Waals surface area contributed by atoms with Crippen LogP contribution in [0.4, 0.5) is 0 Å². The Hall–Kier alpha value is -0.410. The minimum Gasteiger partial charge on any atom is -0.387 e. The normalized spacial score (nSPS) is 54.1. The summed E-state index contributed by atoms with van der Waals surface area (Å²) in [5.41, 5.74) is -0.690. The summed E-state index contributed by atoms with van der Waals surface area (Å²) in [7, 11) is 0. The summed E-state index contributed by atoms with van der Waals surface area (Å²) in [4.78, 5) is 12.5. The molecule has 4 saturated carbocycles. The Bertz CT molecular complexity index is 513. The van der Waals surface area contributed by atoms with Crippen molar-refractivity contribution in [1.29, 1.82) is 0 Å². The number of rotatable bonds is 2.